The summed E-state index contributed by atoms with van der Waals surface area (Å²) >= 11 is 0. The second-order valence-corrected chi connectivity index (χ2v) is 5.33. The van der Waals surface area contributed by atoms with Gasteiger partial charge in [0.2, 0.25) is 0 Å². The fourth-order valence-corrected chi connectivity index (χ4v) is 3.07. The molecule has 0 aliphatic heterocycles. The molecule has 3 N–H and O–H groups in total. The number of fused-ring (bicyclic) bond motifs is 1. The van der Waals surface area contributed by atoms with Gasteiger partial charge in [0.25, 0.3) is 0 Å². The minimum Gasteiger partial charge on any atom is -0.379 e. The van der Waals surface area contributed by atoms with Gasteiger partial charge < -0.3 is 4.74 Å². The summed E-state index contributed by atoms with van der Waals surface area (Å²) in [7, 11) is 1.75. The fourth-order valence-electron chi connectivity index (χ4n) is 3.07. The van der Waals surface area contributed by atoms with Crippen molar-refractivity contribution in [3.8, 4) is 0 Å². The van der Waals surface area contributed by atoms with Crippen molar-refractivity contribution in [3.63, 3.8) is 0 Å². The number of aryl methyl sites for hydroxylation is 1. The molecule has 1 aromatic rings. The van der Waals surface area contributed by atoms with Crippen LogP contribution in [0.25, 0.3) is 0 Å². The van der Waals surface area contributed by atoms with Crippen molar-refractivity contribution in [2.45, 2.75) is 44.8 Å². The lowest BCUT2D eigenvalue weighted by Crippen LogP contribution is -2.50. The number of nitrogens with one attached hydrogen (secondary N) is 1. The Morgan fingerprint density at radius 1 is 1.50 bits per heavy atom. The van der Waals surface area contributed by atoms with Crippen LogP contribution in [0.5, 0.6) is 0 Å². The normalized spacial score (nSPS) is 21.9. The van der Waals surface area contributed by atoms with E-state index in [-0.39, 0.29) is 12.1 Å². The van der Waals surface area contributed by atoms with Crippen molar-refractivity contribution < 1.29 is 4.74 Å². The Morgan fingerprint density at radius 2 is 2.28 bits per heavy atom. The van der Waals surface area contributed by atoms with Crippen LogP contribution in [0.3, 0.4) is 0 Å². The standard InChI is InChI=1S/C14H23N3O/c1-9(2)14(18-3)13(17-15)11-7-6-10-5-4-8-16-12(10)11/h4-5,8-9,11,13-14,17H,6-7,15H2,1-3H3. The van der Waals surface area contributed by atoms with Crippen LogP contribution in [0, 0.1) is 5.92 Å². The fraction of sp³-hybridized carbons (Fsp3) is 0.643. The summed E-state index contributed by atoms with van der Waals surface area (Å²) in [5, 5.41) is 0. The Morgan fingerprint density at radius 3 is 2.89 bits per heavy atom. The van der Waals surface area contributed by atoms with Crippen molar-refractivity contribution in [3.05, 3.63) is 29.6 Å². The van der Waals surface area contributed by atoms with Gasteiger partial charge in [-0.05, 0) is 30.4 Å². The molecule has 0 saturated heterocycles. The van der Waals surface area contributed by atoms with E-state index < -0.39 is 0 Å². The molecular formula is C14H23N3O. The Kier molecular flexibility index (Phi) is 4.32. The van der Waals surface area contributed by atoms with Crippen LogP contribution < -0.4 is 11.3 Å². The summed E-state index contributed by atoms with van der Waals surface area (Å²) in [4.78, 5) is 4.53. The first kappa shape index (κ1) is 13.5. The Balaban J connectivity index is 2.25. The van der Waals surface area contributed by atoms with Crippen LogP contribution in [0.15, 0.2) is 18.3 Å². The third-order valence-electron chi connectivity index (χ3n) is 3.91. The van der Waals surface area contributed by atoms with Gasteiger partial charge in [-0.25, -0.2) is 0 Å². The average molecular weight is 249 g/mol. The lowest BCUT2D eigenvalue weighted by Gasteiger charge is -2.32. The highest BCUT2D eigenvalue weighted by Crippen LogP contribution is 2.36. The number of hydrogen-bond acceptors (Lipinski definition) is 4. The molecule has 0 spiro atoms. The van der Waals surface area contributed by atoms with Crippen molar-refractivity contribution in [1.29, 1.82) is 0 Å². The first-order valence-corrected chi connectivity index (χ1v) is 6.61. The number of ether oxygens (including phenoxy) is 1. The van der Waals surface area contributed by atoms with Gasteiger partial charge in [0.15, 0.2) is 0 Å². The van der Waals surface area contributed by atoms with Crippen molar-refractivity contribution in [2.24, 2.45) is 11.8 Å². The summed E-state index contributed by atoms with van der Waals surface area (Å²) in [5.74, 6) is 6.53. The van der Waals surface area contributed by atoms with Crippen LogP contribution in [0.2, 0.25) is 0 Å². The molecule has 100 valence electrons. The number of hydrogen-bond donors (Lipinski definition) is 2. The van der Waals surface area contributed by atoms with Gasteiger partial charge in [0.05, 0.1) is 12.1 Å². The Bertz CT molecular complexity index is 394. The lowest BCUT2D eigenvalue weighted by molar-refractivity contribution is 0.0245. The van der Waals surface area contributed by atoms with E-state index in [4.69, 9.17) is 10.6 Å². The van der Waals surface area contributed by atoms with E-state index in [0.29, 0.717) is 11.8 Å². The molecule has 1 aromatic heterocycles. The van der Waals surface area contributed by atoms with E-state index in [1.54, 1.807) is 7.11 Å². The van der Waals surface area contributed by atoms with E-state index in [9.17, 15) is 0 Å². The predicted molar refractivity (Wildman–Crippen MR) is 72.0 cm³/mol. The number of nitrogens with two attached hydrogens (primary N) is 1. The van der Waals surface area contributed by atoms with E-state index in [0.717, 1.165) is 12.8 Å². The summed E-state index contributed by atoms with van der Waals surface area (Å²) in [5.41, 5.74) is 5.48. The highest BCUT2D eigenvalue weighted by molar-refractivity contribution is 5.30. The Hall–Kier alpha value is -0.970. The molecule has 3 atom stereocenters. The second kappa shape index (κ2) is 5.78. The lowest BCUT2D eigenvalue weighted by atomic mass is 9.87. The zero-order valence-electron chi connectivity index (χ0n) is 11.4. The maximum Gasteiger partial charge on any atom is 0.0767 e. The topological polar surface area (TPSA) is 60.2 Å². The van der Waals surface area contributed by atoms with Gasteiger partial charge >= 0.3 is 0 Å². The molecule has 1 aliphatic rings. The maximum atomic E-state index is 5.77. The molecule has 4 nitrogen and oxygen atoms in total. The number of hydrazine groups is 1. The molecule has 4 heteroatoms. The molecule has 0 bridgehead atoms. The highest BCUT2D eigenvalue weighted by Gasteiger charge is 2.36. The molecule has 18 heavy (non-hydrogen) atoms. The minimum atomic E-state index is 0.105. The molecule has 1 heterocycles. The molecule has 0 saturated carbocycles. The number of pyridine rings is 1. The molecule has 0 fully saturated rings. The molecule has 2 rings (SSSR count). The monoisotopic (exact) mass is 249 g/mol. The smallest absolute Gasteiger partial charge is 0.0767 e. The maximum absolute atomic E-state index is 5.77. The third-order valence-corrected chi connectivity index (χ3v) is 3.91. The minimum absolute atomic E-state index is 0.105. The van der Waals surface area contributed by atoms with Gasteiger partial charge in [-0.3, -0.25) is 16.3 Å². The van der Waals surface area contributed by atoms with Gasteiger partial charge in [0.1, 0.15) is 0 Å². The predicted octanol–water partition coefficient (Wildman–Crippen LogP) is 1.61. The number of nitrogens with zero attached hydrogens (tertiary/aromatic N) is 1. The average Bonchev–Trinajstić information content (AvgIpc) is 2.79. The van der Waals surface area contributed by atoms with Crippen molar-refractivity contribution in [1.82, 2.24) is 10.4 Å². The van der Waals surface area contributed by atoms with Crippen LogP contribution >= 0.6 is 0 Å². The van der Waals surface area contributed by atoms with E-state index >= 15 is 0 Å². The SMILES string of the molecule is COC(C(C)C)C(NN)C1CCc2cccnc21. The number of aromatic nitrogens is 1. The zero-order chi connectivity index (χ0) is 13.1. The van der Waals surface area contributed by atoms with Crippen LogP contribution in [-0.2, 0) is 11.2 Å². The first-order chi connectivity index (χ1) is 8.69. The van der Waals surface area contributed by atoms with E-state index in [1.165, 1.54) is 11.3 Å². The quantitative estimate of drug-likeness (QED) is 0.615. The molecule has 0 radical (unpaired) electrons. The number of rotatable bonds is 5. The summed E-state index contributed by atoms with van der Waals surface area (Å²) < 4.78 is 5.62. The molecular weight excluding hydrogens is 226 g/mol. The van der Waals surface area contributed by atoms with Crippen molar-refractivity contribution >= 4 is 0 Å². The summed E-state index contributed by atoms with van der Waals surface area (Å²) in [6, 6.07) is 4.28. The van der Waals surface area contributed by atoms with Gasteiger partial charge in [-0.1, -0.05) is 19.9 Å². The third kappa shape index (κ3) is 2.41. The van der Waals surface area contributed by atoms with Crippen molar-refractivity contribution in [2.75, 3.05) is 7.11 Å². The molecule has 1 aliphatic carbocycles. The van der Waals surface area contributed by atoms with Gasteiger partial charge in [-0.15, -0.1) is 0 Å². The van der Waals surface area contributed by atoms with Crippen LogP contribution in [0.1, 0.15) is 37.4 Å². The summed E-state index contributed by atoms with van der Waals surface area (Å²) in [6.07, 6.45) is 4.14. The molecule has 3 unspecified atom stereocenters. The number of methoxy groups -OCH3 is 1. The second-order valence-electron chi connectivity index (χ2n) is 5.33. The van der Waals surface area contributed by atoms with Gasteiger partial charge in [0, 0.05) is 24.9 Å². The Labute approximate surface area is 109 Å². The highest BCUT2D eigenvalue weighted by atomic mass is 16.5. The summed E-state index contributed by atoms with van der Waals surface area (Å²) in [6.45, 7) is 4.32. The van der Waals surface area contributed by atoms with Crippen LogP contribution in [-0.4, -0.2) is 24.2 Å². The first-order valence-electron chi connectivity index (χ1n) is 6.61. The van der Waals surface area contributed by atoms with Crippen LogP contribution in [0.4, 0.5) is 0 Å². The van der Waals surface area contributed by atoms with E-state index in [2.05, 4.69) is 30.3 Å². The molecule has 0 amide bonds. The van der Waals surface area contributed by atoms with E-state index in [1.807, 2.05) is 12.3 Å². The molecule has 0 aromatic carbocycles. The van der Waals surface area contributed by atoms with Gasteiger partial charge in [-0.2, -0.15) is 0 Å². The largest absolute Gasteiger partial charge is 0.379 e. The zero-order valence-corrected chi connectivity index (χ0v) is 11.4.